The van der Waals surface area contributed by atoms with Crippen molar-refractivity contribution in [1.82, 2.24) is 9.97 Å². The highest BCUT2D eigenvalue weighted by Crippen LogP contribution is 2.41. The van der Waals surface area contributed by atoms with E-state index >= 15 is 0 Å². The normalized spacial score (nSPS) is 10.4. The van der Waals surface area contributed by atoms with E-state index in [1.165, 1.54) is 18.3 Å². The number of nitrogens with one attached hydrogen (secondary N) is 1. The second-order valence-electron chi connectivity index (χ2n) is 5.18. The molecule has 1 N–H and O–H groups in total. The third-order valence-electron chi connectivity index (χ3n) is 3.51. The predicted octanol–water partition coefficient (Wildman–Crippen LogP) is 3.85. The quantitative estimate of drug-likeness (QED) is 0.752. The number of rotatable bonds is 5. The fraction of sp³-hybridized carbons (Fsp3) is 0.167. The molecule has 3 rings (SSSR count). The number of benzene rings is 1. The number of methoxy groups -OCH3 is 2. The van der Waals surface area contributed by atoms with Crippen LogP contribution in [0.4, 0.5) is 5.13 Å². The number of ether oxygens (including phenoxy) is 2. The Morgan fingerprint density at radius 1 is 1.04 bits per heavy atom. The van der Waals surface area contributed by atoms with Gasteiger partial charge in [0.05, 0.1) is 24.8 Å². The molecule has 1 aromatic carbocycles. The fourth-order valence-electron chi connectivity index (χ4n) is 2.40. The number of anilines is 1. The first kappa shape index (κ1) is 16.9. The van der Waals surface area contributed by atoms with Crippen molar-refractivity contribution in [2.75, 3.05) is 19.5 Å². The Labute approximate surface area is 149 Å². The van der Waals surface area contributed by atoms with E-state index in [2.05, 4.69) is 15.3 Å². The molecule has 0 bridgehead atoms. The lowest BCUT2D eigenvalue weighted by Gasteiger charge is -2.09. The van der Waals surface area contributed by atoms with E-state index in [4.69, 9.17) is 9.47 Å². The van der Waals surface area contributed by atoms with Crippen LogP contribution in [0.1, 0.15) is 6.92 Å². The lowest BCUT2D eigenvalue weighted by molar-refractivity contribution is -0.114. The summed E-state index contributed by atoms with van der Waals surface area (Å²) < 4.78 is 10.7. The molecule has 2 aromatic heterocycles. The van der Waals surface area contributed by atoms with Gasteiger partial charge in [-0.05, 0) is 35.9 Å². The van der Waals surface area contributed by atoms with Gasteiger partial charge in [-0.3, -0.25) is 9.78 Å². The molecule has 0 aliphatic carbocycles. The number of amides is 1. The minimum atomic E-state index is -0.158. The first-order chi connectivity index (χ1) is 12.1. The summed E-state index contributed by atoms with van der Waals surface area (Å²) in [5.41, 5.74) is 2.62. The Hall–Kier alpha value is -2.93. The maximum atomic E-state index is 11.4. The molecule has 3 aromatic rings. The first-order valence-corrected chi connectivity index (χ1v) is 8.35. The van der Waals surface area contributed by atoms with Gasteiger partial charge in [-0.2, -0.15) is 0 Å². The Kier molecular flexibility index (Phi) is 4.95. The van der Waals surface area contributed by atoms with Crippen LogP contribution in [-0.2, 0) is 4.79 Å². The highest BCUT2D eigenvalue weighted by molar-refractivity contribution is 7.19. The lowest BCUT2D eigenvalue weighted by Crippen LogP contribution is -2.04. The van der Waals surface area contributed by atoms with Gasteiger partial charge in [0.15, 0.2) is 16.6 Å². The van der Waals surface area contributed by atoms with Crippen molar-refractivity contribution >= 4 is 22.4 Å². The largest absolute Gasteiger partial charge is 0.493 e. The molecule has 25 heavy (non-hydrogen) atoms. The third kappa shape index (κ3) is 3.61. The van der Waals surface area contributed by atoms with Crippen LogP contribution in [0.3, 0.4) is 0 Å². The van der Waals surface area contributed by atoms with Crippen LogP contribution >= 0.6 is 11.3 Å². The van der Waals surface area contributed by atoms with E-state index in [-0.39, 0.29) is 5.91 Å². The summed E-state index contributed by atoms with van der Waals surface area (Å²) >= 11 is 1.42. The number of carbonyl (C=O) groups excluding carboxylic acids is 1. The van der Waals surface area contributed by atoms with Crippen molar-refractivity contribution in [3.05, 3.63) is 42.7 Å². The van der Waals surface area contributed by atoms with Crippen molar-refractivity contribution < 1.29 is 14.3 Å². The second-order valence-corrected chi connectivity index (χ2v) is 6.18. The summed E-state index contributed by atoms with van der Waals surface area (Å²) in [6, 6.07) is 9.45. The summed E-state index contributed by atoms with van der Waals surface area (Å²) in [7, 11) is 3.19. The molecule has 0 saturated heterocycles. The highest BCUT2D eigenvalue weighted by Gasteiger charge is 2.17. The zero-order chi connectivity index (χ0) is 17.8. The van der Waals surface area contributed by atoms with Gasteiger partial charge < -0.3 is 14.8 Å². The number of nitrogens with zero attached hydrogens (tertiary/aromatic N) is 2. The Morgan fingerprint density at radius 2 is 1.76 bits per heavy atom. The first-order valence-electron chi connectivity index (χ1n) is 7.53. The predicted molar refractivity (Wildman–Crippen MR) is 98.2 cm³/mol. The molecule has 0 aliphatic heterocycles. The molecule has 128 valence electrons. The minimum Gasteiger partial charge on any atom is -0.493 e. The smallest absolute Gasteiger partial charge is 0.223 e. The maximum Gasteiger partial charge on any atom is 0.223 e. The SMILES string of the molecule is COc1ccc(-c2nc(NC(C)=O)sc2-c2ccncc2)cc1OC. The second kappa shape index (κ2) is 7.31. The average molecular weight is 355 g/mol. The topological polar surface area (TPSA) is 73.3 Å². The summed E-state index contributed by atoms with van der Waals surface area (Å²) in [5.74, 6) is 1.11. The number of aromatic nitrogens is 2. The minimum absolute atomic E-state index is 0.158. The third-order valence-corrected chi connectivity index (χ3v) is 4.53. The van der Waals surface area contributed by atoms with Crippen molar-refractivity contribution in [2.45, 2.75) is 6.92 Å². The van der Waals surface area contributed by atoms with Gasteiger partial charge in [-0.25, -0.2) is 4.98 Å². The maximum absolute atomic E-state index is 11.4. The van der Waals surface area contributed by atoms with Gasteiger partial charge in [0.1, 0.15) is 0 Å². The van der Waals surface area contributed by atoms with Crippen LogP contribution < -0.4 is 14.8 Å². The van der Waals surface area contributed by atoms with E-state index in [1.807, 2.05) is 30.3 Å². The molecule has 2 heterocycles. The molecule has 0 aliphatic rings. The van der Waals surface area contributed by atoms with Crippen LogP contribution in [0.25, 0.3) is 21.7 Å². The van der Waals surface area contributed by atoms with E-state index in [0.717, 1.165) is 21.7 Å². The van der Waals surface area contributed by atoms with Gasteiger partial charge in [-0.15, -0.1) is 0 Å². The monoisotopic (exact) mass is 355 g/mol. The molecule has 0 spiro atoms. The van der Waals surface area contributed by atoms with Gasteiger partial charge in [-0.1, -0.05) is 11.3 Å². The molecule has 0 atom stereocenters. The number of pyridine rings is 1. The Balaban J connectivity index is 2.14. The van der Waals surface area contributed by atoms with Gasteiger partial charge in [0, 0.05) is 24.9 Å². The highest BCUT2D eigenvalue weighted by atomic mass is 32.1. The Bertz CT molecular complexity index is 894. The van der Waals surface area contributed by atoms with Crippen LogP contribution in [0.2, 0.25) is 0 Å². The van der Waals surface area contributed by atoms with Crippen LogP contribution in [0, 0.1) is 0 Å². The van der Waals surface area contributed by atoms with Crippen molar-refractivity contribution in [3.8, 4) is 33.2 Å². The van der Waals surface area contributed by atoms with Crippen molar-refractivity contribution in [3.63, 3.8) is 0 Å². The zero-order valence-corrected chi connectivity index (χ0v) is 14.9. The Morgan fingerprint density at radius 3 is 2.40 bits per heavy atom. The summed E-state index contributed by atoms with van der Waals surface area (Å²) in [5, 5.41) is 3.30. The number of hydrogen-bond donors (Lipinski definition) is 1. The fourth-order valence-corrected chi connectivity index (χ4v) is 3.44. The van der Waals surface area contributed by atoms with Crippen LogP contribution in [0.5, 0.6) is 11.5 Å². The molecule has 0 fully saturated rings. The van der Waals surface area contributed by atoms with Gasteiger partial charge in [0.2, 0.25) is 5.91 Å². The van der Waals surface area contributed by atoms with E-state index in [1.54, 1.807) is 26.6 Å². The zero-order valence-electron chi connectivity index (χ0n) is 14.1. The molecule has 1 amide bonds. The molecular formula is C18H17N3O3S. The molecule has 6 nitrogen and oxygen atoms in total. The van der Waals surface area contributed by atoms with Gasteiger partial charge >= 0.3 is 0 Å². The van der Waals surface area contributed by atoms with E-state index in [0.29, 0.717) is 16.6 Å². The number of hydrogen-bond acceptors (Lipinski definition) is 6. The molecule has 0 unspecified atom stereocenters. The molecule has 0 saturated carbocycles. The van der Waals surface area contributed by atoms with Crippen molar-refractivity contribution in [2.24, 2.45) is 0 Å². The van der Waals surface area contributed by atoms with E-state index in [9.17, 15) is 4.79 Å². The van der Waals surface area contributed by atoms with E-state index < -0.39 is 0 Å². The van der Waals surface area contributed by atoms with Gasteiger partial charge in [0.25, 0.3) is 0 Å². The summed E-state index contributed by atoms with van der Waals surface area (Å²) in [6.45, 7) is 1.46. The number of thiazole rings is 1. The molecular weight excluding hydrogens is 338 g/mol. The molecule has 0 radical (unpaired) electrons. The summed E-state index contributed by atoms with van der Waals surface area (Å²) in [6.07, 6.45) is 3.46. The number of carbonyl (C=O) groups is 1. The standard InChI is InChI=1S/C18H17N3O3S/c1-11(22)20-18-21-16(17(25-18)12-6-8-19-9-7-12)13-4-5-14(23-2)15(10-13)24-3/h4-10H,1-3H3,(H,20,21,22). The van der Waals surface area contributed by atoms with Crippen molar-refractivity contribution in [1.29, 1.82) is 0 Å². The van der Waals surface area contributed by atoms with Crippen LogP contribution in [-0.4, -0.2) is 30.1 Å². The molecule has 7 heteroatoms. The lowest BCUT2D eigenvalue weighted by atomic mass is 10.1. The average Bonchev–Trinajstić information content (AvgIpc) is 3.04. The summed E-state index contributed by atoms with van der Waals surface area (Å²) in [4.78, 5) is 21.0. The van der Waals surface area contributed by atoms with Crippen LogP contribution in [0.15, 0.2) is 42.7 Å².